The number of piperazine rings is 1. The van der Waals surface area contributed by atoms with E-state index in [1.54, 1.807) is 12.1 Å². The molecule has 7 nitrogen and oxygen atoms in total. The number of hydrogen-bond acceptors (Lipinski definition) is 6. The Hall–Kier alpha value is -3.45. The molecule has 1 saturated heterocycles. The molecule has 1 aromatic heterocycles. The van der Waals surface area contributed by atoms with Gasteiger partial charge in [0.05, 0.1) is 6.54 Å². The minimum Gasteiger partial charge on any atom is -0.508 e. The molecule has 7 heteroatoms. The third-order valence-corrected chi connectivity index (χ3v) is 6.47. The topological polar surface area (TPSA) is 67.2 Å². The molecule has 0 spiro atoms. The van der Waals surface area contributed by atoms with E-state index in [1.165, 1.54) is 0 Å². The van der Waals surface area contributed by atoms with Crippen LogP contribution in [0.1, 0.15) is 21.7 Å². The number of Topliss-reactive ketones (excluding diaryl/α,β-unsaturated/α-hetero) is 1. The predicted molar refractivity (Wildman–Crippen MR) is 127 cm³/mol. The van der Waals surface area contributed by atoms with E-state index in [-0.39, 0.29) is 11.5 Å². The first kappa shape index (κ1) is 21.4. The van der Waals surface area contributed by atoms with Gasteiger partial charge in [-0.3, -0.25) is 9.69 Å². The zero-order valence-electron chi connectivity index (χ0n) is 19.1. The van der Waals surface area contributed by atoms with Gasteiger partial charge < -0.3 is 24.0 Å². The Morgan fingerprint density at radius 3 is 2.27 bits per heavy atom. The predicted octanol–water partition coefficient (Wildman–Crippen LogP) is 3.58. The van der Waals surface area contributed by atoms with Gasteiger partial charge in [0.25, 0.3) is 0 Å². The van der Waals surface area contributed by atoms with E-state index < -0.39 is 0 Å². The van der Waals surface area contributed by atoms with Crippen LogP contribution in [0, 0.1) is 13.8 Å². The number of aromatic hydroxyl groups is 1. The number of ether oxygens (including phenoxy) is 2. The summed E-state index contributed by atoms with van der Waals surface area (Å²) in [5.74, 6) is 1.92. The summed E-state index contributed by atoms with van der Waals surface area (Å²) in [6.45, 7) is 8.91. The molecule has 0 aliphatic carbocycles. The molecule has 0 atom stereocenters. The van der Waals surface area contributed by atoms with Gasteiger partial charge in [-0.05, 0) is 56.3 Å². The highest BCUT2D eigenvalue weighted by Gasteiger charge is 2.23. The number of ketones is 1. The number of carbonyl (C=O) groups is 1. The number of aryl methyl sites for hydroxylation is 1. The van der Waals surface area contributed by atoms with Crippen molar-refractivity contribution in [3.63, 3.8) is 0 Å². The first-order chi connectivity index (χ1) is 16.0. The number of fused-ring (bicyclic) bond motifs is 1. The van der Waals surface area contributed by atoms with Crippen LogP contribution in [0.5, 0.6) is 17.2 Å². The maximum absolute atomic E-state index is 13.2. The Bertz CT molecular complexity index is 1160. The van der Waals surface area contributed by atoms with Gasteiger partial charge in [-0.1, -0.05) is 0 Å². The molecule has 1 fully saturated rings. The largest absolute Gasteiger partial charge is 0.508 e. The first-order valence-corrected chi connectivity index (χ1v) is 11.4. The van der Waals surface area contributed by atoms with E-state index in [0.29, 0.717) is 19.8 Å². The SMILES string of the molecule is Cc1cc(C(=O)CN2CCN(c3ccc(O)cc3)CC2)c(C)n1-c1ccc2c(c1)OCCO2. The number of phenols is 1. The van der Waals surface area contributed by atoms with Crippen LogP contribution in [0.2, 0.25) is 0 Å². The molecule has 5 rings (SSSR count). The van der Waals surface area contributed by atoms with Gasteiger partial charge in [-0.2, -0.15) is 0 Å². The molecule has 172 valence electrons. The Balaban J connectivity index is 1.27. The minimum absolute atomic E-state index is 0.143. The Morgan fingerprint density at radius 2 is 1.55 bits per heavy atom. The Labute approximate surface area is 193 Å². The van der Waals surface area contributed by atoms with Crippen molar-refractivity contribution in [1.82, 2.24) is 9.47 Å². The van der Waals surface area contributed by atoms with E-state index in [2.05, 4.69) is 14.4 Å². The fraction of sp³-hybridized carbons (Fsp3) is 0.346. The summed E-state index contributed by atoms with van der Waals surface area (Å²) in [4.78, 5) is 17.7. The lowest BCUT2D eigenvalue weighted by molar-refractivity contribution is 0.0926. The van der Waals surface area contributed by atoms with Crippen molar-refractivity contribution in [2.75, 3.05) is 50.8 Å². The van der Waals surface area contributed by atoms with Crippen molar-refractivity contribution in [2.45, 2.75) is 13.8 Å². The van der Waals surface area contributed by atoms with Crippen molar-refractivity contribution in [1.29, 1.82) is 0 Å². The summed E-state index contributed by atoms with van der Waals surface area (Å²) in [7, 11) is 0. The number of aromatic nitrogens is 1. The summed E-state index contributed by atoms with van der Waals surface area (Å²) in [6.07, 6.45) is 0. The van der Waals surface area contributed by atoms with E-state index in [4.69, 9.17) is 9.47 Å². The fourth-order valence-corrected chi connectivity index (χ4v) is 4.73. The van der Waals surface area contributed by atoms with Gasteiger partial charge in [0, 0.05) is 60.6 Å². The highest BCUT2D eigenvalue weighted by atomic mass is 16.6. The van der Waals surface area contributed by atoms with Crippen molar-refractivity contribution in [2.24, 2.45) is 0 Å². The fourth-order valence-electron chi connectivity index (χ4n) is 4.73. The average Bonchev–Trinajstić information content (AvgIpc) is 3.13. The summed E-state index contributed by atoms with van der Waals surface area (Å²) in [5, 5.41) is 9.50. The summed E-state index contributed by atoms with van der Waals surface area (Å²) in [6, 6.07) is 15.2. The molecule has 1 N–H and O–H groups in total. The molecule has 0 radical (unpaired) electrons. The number of hydrogen-bond donors (Lipinski definition) is 1. The van der Waals surface area contributed by atoms with E-state index in [9.17, 15) is 9.90 Å². The van der Waals surface area contributed by atoms with Crippen LogP contribution in [0.3, 0.4) is 0 Å². The highest BCUT2D eigenvalue weighted by Crippen LogP contribution is 2.33. The number of benzene rings is 2. The summed E-state index contributed by atoms with van der Waals surface area (Å²) < 4.78 is 13.5. The molecule has 0 amide bonds. The van der Waals surface area contributed by atoms with Crippen LogP contribution in [0.15, 0.2) is 48.5 Å². The normalized spacial score (nSPS) is 16.1. The monoisotopic (exact) mass is 447 g/mol. The lowest BCUT2D eigenvalue weighted by atomic mass is 10.1. The summed E-state index contributed by atoms with van der Waals surface area (Å²) in [5.41, 5.74) is 4.79. The van der Waals surface area contributed by atoms with E-state index >= 15 is 0 Å². The second-order valence-corrected chi connectivity index (χ2v) is 8.65. The molecule has 3 aromatic rings. The van der Waals surface area contributed by atoms with Gasteiger partial charge in [0.2, 0.25) is 0 Å². The molecule has 2 aliphatic heterocycles. The number of rotatable bonds is 5. The standard InChI is InChI=1S/C26H29N3O4/c1-18-15-23(19(2)29(18)21-5-8-25-26(16-21)33-14-13-32-25)24(31)17-27-9-11-28(12-10-27)20-3-6-22(30)7-4-20/h3-8,15-16,30H,9-14,17H2,1-2H3. The molecule has 0 unspecified atom stereocenters. The molecule has 3 heterocycles. The molecule has 0 saturated carbocycles. The molecular formula is C26H29N3O4. The van der Waals surface area contributed by atoms with Crippen LogP contribution in [0.4, 0.5) is 5.69 Å². The smallest absolute Gasteiger partial charge is 0.178 e. The van der Waals surface area contributed by atoms with Gasteiger partial charge in [-0.25, -0.2) is 0 Å². The van der Waals surface area contributed by atoms with Crippen LogP contribution in [-0.2, 0) is 0 Å². The number of phenolic OH excluding ortho intramolecular Hbond substituents is 1. The molecule has 2 aromatic carbocycles. The third kappa shape index (κ3) is 4.28. The lowest BCUT2D eigenvalue weighted by Crippen LogP contribution is -2.48. The Morgan fingerprint density at radius 1 is 0.879 bits per heavy atom. The van der Waals surface area contributed by atoms with Crippen molar-refractivity contribution in [3.8, 4) is 22.9 Å². The molecular weight excluding hydrogens is 418 g/mol. The molecule has 33 heavy (non-hydrogen) atoms. The summed E-state index contributed by atoms with van der Waals surface area (Å²) >= 11 is 0. The van der Waals surface area contributed by atoms with Crippen LogP contribution < -0.4 is 14.4 Å². The van der Waals surface area contributed by atoms with Crippen LogP contribution in [0.25, 0.3) is 5.69 Å². The maximum atomic E-state index is 13.2. The van der Waals surface area contributed by atoms with Crippen molar-refractivity contribution < 1.29 is 19.4 Å². The van der Waals surface area contributed by atoms with Gasteiger partial charge >= 0.3 is 0 Å². The number of carbonyl (C=O) groups excluding carboxylic acids is 1. The number of anilines is 1. The number of nitrogens with zero attached hydrogens (tertiary/aromatic N) is 3. The van der Waals surface area contributed by atoms with E-state index in [0.717, 1.165) is 66.0 Å². The van der Waals surface area contributed by atoms with E-state index in [1.807, 2.05) is 50.2 Å². The lowest BCUT2D eigenvalue weighted by Gasteiger charge is -2.35. The van der Waals surface area contributed by atoms with Crippen molar-refractivity contribution in [3.05, 3.63) is 65.5 Å². The highest BCUT2D eigenvalue weighted by molar-refractivity contribution is 5.99. The van der Waals surface area contributed by atoms with Gasteiger partial charge in [-0.15, -0.1) is 0 Å². The van der Waals surface area contributed by atoms with Crippen LogP contribution >= 0.6 is 0 Å². The third-order valence-electron chi connectivity index (χ3n) is 6.47. The zero-order chi connectivity index (χ0) is 22.9. The molecule has 2 aliphatic rings. The quantitative estimate of drug-likeness (QED) is 0.603. The Kier molecular flexibility index (Phi) is 5.72. The average molecular weight is 448 g/mol. The first-order valence-electron chi connectivity index (χ1n) is 11.4. The van der Waals surface area contributed by atoms with Crippen molar-refractivity contribution >= 4 is 11.5 Å². The zero-order valence-corrected chi connectivity index (χ0v) is 19.1. The van der Waals surface area contributed by atoms with Gasteiger partial charge in [0.1, 0.15) is 19.0 Å². The van der Waals surface area contributed by atoms with Crippen LogP contribution in [-0.4, -0.2) is 66.3 Å². The second-order valence-electron chi connectivity index (χ2n) is 8.65. The maximum Gasteiger partial charge on any atom is 0.178 e. The molecule has 0 bridgehead atoms. The second kappa shape index (κ2) is 8.83. The van der Waals surface area contributed by atoms with Gasteiger partial charge in [0.15, 0.2) is 17.3 Å². The minimum atomic E-state index is 0.143.